The second-order valence-corrected chi connectivity index (χ2v) is 9.17. The Bertz CT molecular complexity index is 618. The minimum Gasteiger partial charge on any atom is -0.444 e. The SMILES string of the molecule is CC(C)(C)OC(=O)N1CCC(NC(CNC2CCOCC2)c2ccccc2)CC1. The standard InChI is InChI=1S/C23H37N3O3/c1-23(2,3)29-22(27)26-13-9-20(10-14-26)25-21(18-7-5-4-6-8-18)17-24-19-11-15-28-16-12-19/h4-8,19-21,24-25H,9-17H2,1-3H3. The van der Waals surface area contributed by atoms with E-state index in [-0.39, 0.29) is 12.1 Å². The molecule has 0 radical (unpaired) electrons. The van der Waals surface area contributed by atoms with E-state index in [0.29, 0.717) is 12.1 Å². The van der Waals surface area contributed by atoms with Gasteiger partial charge in [-0.25, -0.2) is 4.79 Å². The Hall–Kier alpha value is -1.63. The third-order valence-electron chi connectivity index (χ3n) is 5.62. The molecule has 2 saturated heterocycles. The highest BCUT2D eigenvalue weighted by molar-refractivity contribution is 5.68. The molecule has 1 aromatic rings. The summed E-state index contributed by atoms with van der Waals surface area (Å²) < 4.78 is 11.0. The zero-order valence-corrected chi connectivity index (χ0v) is 18.2. The number of ether oxygens (including phenoxy) is 2. The van der Waals surface area contributed by atoms with Gasteiger partial charge in [0.05, 0.1) is 0 Å². The number of rotatable bonds is 6. The van der Waals surface area contributed by atoms with Crippen LogP contribution in [0.3, 0.4) is 0 Å². The maximum Gasteiger partial charge on any atom is 0.410 e. The molecule has 2 N–H and O–H groups in total. The van der Waals surface area contributed by atoms with Crippen LogP contribution in [0, 0.1) is 0 Å². The summed E-state index contributed by atoms with van der Waals surface area (Å²) >= 11 is 0. The van der Waals surface area contributed by atoms with Gasteiger partial charge in [-0.1, -0.05) is 30.3 Å². The summed E-state index contributed by atoms with van der Waals surface area (Å²) in [6.07, 6.45) is 3.85. The molecule has 2 aliphatic rings. The van der Waals surface area contributed by atoms with E-state index in [1.807, 2.05) is 25.7 Å². The largest absolute Gasteiger partial charge is 0.444 e. The quantitative estimate of drug-likeness (QED) is 0.761. The number of hydrogen-bond acceptors (Lipinski definition) is 5. The lowest BCUT2D eigenvalue weighted by atomic mass is 10.00. The molecule has 6 nitrogen and oxygen atoms in total. The molecule has 6 heteroatoms. The summed E-state index contributed by atoms with van der Waals surface area (Å²) in [6, 6.07) is 11.8. The zero-order chi connectivity index (χ0) is 20.7. The Morgan fingerprint density at radius 3 is 2.38 bits per heavy atom. The zero-order valence-electron chi connectivity index (χ0n) is 18.2. The molecule has 162 valence electrons. The molecule has 1 amide bonds. The van der Waals surface area contributed by atoms with Crippen LogP contribution in [0.2, 0.25) is 0 Å². The van der Waals surface area contributed by atoms with Gasteiger partial charge < -0.3 is 25.0 Å². The Balaban J connectivity index is 1.52. The summed E-state index contributed by atoms with van der Waals surface area (Å²) in [6.45, 7) is 9.82. The van der Waals surface area contributed by atoms with Gasteiger partial charge in [0.15, 0.2) is 0 Å². The first-order valence-electron chi connectivity index (χ1n) is 11.0. The molecular weight excluding hydrogens is 366 g/mol. The number of amides is 1. The van der Waals surface area contributed by atoms with E-state index in [1.54, 1.807) is 0 Å². The molecule has 0 spiro atoms. The molecule has 1 aromatic carbocycles. The van der Waals surface area contributed by atoms with Crippen molar-refractivity contribution in [1.29, 1.82) is 0 Å². The second kappa shape index (κ2) is 10.4. The van der Waals surface area contributed by atoms with Crippen molar-refractivity contribution in [2.75, 3.05) is 32.8 Å². The van der Waals surface area contributed by atoms with Crippen molar-refractivity contribution in [3.63, 3.8) is 0 Å². The van der Waals surface area contributed by atoms with E-state index < -0.39 is 5.60 Å². The highest BCUT2D eigenvalue weighted by atomic mass is 16.6. The van der Waals surface area contributed by atoms with Gasteiger partial charge in [0, 0.05) is 51.0 Å². The van der Waals surface area contributed by atoms with Gasteiger partial charge in [-0.2, -0.15) is 0 Å². The van der Waals surface area contributed by atoms with E-state index in [9.17, 15) is 4.79 Å². The first kappa shape index (κ1) is 22.1. The third kappa shape index (κ3) is 7.28. The van der Waals surface area contributed by atoms with Crippen molar-refractivity contribution in [2.24, 2.45) is 0 Å². The summed E-state index contributed by atoms with van der Waals surface area (Å²) in [4.78, 5) is 14.1. The molecular formula is C23H37N3O3. The Morgan fingerprint density at radius 2 is 1.76 bits per heavy atom. The van der Waals surface area contributed by atoms with E-state index >= 15 is 0 Å². The summed E-state index contributed by atoms with van der Waals surface area (Å²) in [5.74, 6) is 0. The lowest BCUT2D eigenvalue weighted by Gasteiger charge is -2.36. The molecule has 2 fully saturated rings. The first-order valence-corrected chi connectivity index (χ1v) is 11.0. The molecule has 29 heavy (non-hydrogen) atoms. The van der Waals surface area contributed by atoms with Gasteiger partial charge in [0.25, 0.3) is 0 Å². The molecule has 0 bridgehead atoms. The molecule has 0 aromatic heterocycles. The maximum atomic E-state index is 12.3. The number of nitrogens with one attached hydrogen (secondary N) is 2. The third-order valence-corrected chi connectivity index (χ3v) is 5.62. The first-order chi connectivity index (χ1) is 13.9. The number of nitrogens with zero attached hydrogens (tertiary/aromatic N) is 1. The van der Waals surface area contributed by atoms with Gasteiger partial charge in [-0.15, -0.1) is 0 Å². The fourth-order valence-corrected chi connectivity index (χ4v) is 3.98. The lowest BCUT2D eigenvalue weighted by Crippen LogP contribution is -2.49. The second-order valence-electron chi connectivity index (χ2n) is 9.17. The number of benzene rings is 1. The van der Waals surface area contributed by atoms with Crippen LogP contribution < -0.4 is 10.6 Å². The van der Waals surface area contributed by atoms with Gasteiger partial charge in [0.1, 0.15) is 5.60 Å². The van der Waals surface area contributed by atoms with Crippen molar-refractivity contribution in [3.8, 4) is 0 Å². The number of piperidine rings is 1. The summed E-state index contributed by atoms with van der Waals surface area (Å²) in [7, 11) is 0. The number of hydrogen-bond donors (Lipinski definition) is 2. The Labute approximate surface area is 175 Å². The molecule has 3 rings (SSSR count). The van der Waals surface area contributed by atoms with Crippen molar-refractivity contribution in [1.82, 2.24) is 15.5 Å². The lowest BCUT2D eigenvalue weighted by molar-refractivity contribution is 0.0195. The average Bonchev–Trinajstić information content (AvgIpc) is 2.71. The molecule has 0 aliphatic carbocycles. The topological polar surface area (TPSA) is 62.8 Å². The van der Waals surface area contributed by atoms with Crippen LogP contribution in [0.1, 0.15) is 58.1 Å². The fraction of sp³-hybridized carbons (Fsp3) is 0.696. The fourth-order valence-electron chi connectivity index (χ4n) is 3.98. The van der Waals surface area contributed by atoms with E-state index in [2.05, 4.69) is 41.0 Å². The van der Waals surface area contributed by atoms with Crippen molar-refractivity contribution < 1.29 is 14.3 Å². The summed E-state index contributed by atoms with van der Waals surface area (Å²) in [5, 5.41) is 7.58. The monoisotopic (exact) mass is 403 g/mol. The predicted molar refractivity (Wildman–Crippen MR) is 115 cm³/mol. The van der Waals surface area contributed by atoms with Gasteiger partial charge >= 0.3 is 6.09 Å². The number of carbonyl (C=O) groups is 1. The Morgan fingerprint density at radius 1 is 1.10 bits per heavy atom. The van der Waals surface area contributed by atoms with Crippen molar-refractivity contribution in [3.05, 3.63) is 35.9 Å². The van der Waals surface area contributed by atoms with Crippen LogP contribution in [0.25, 0.3) is 0 Å². The normalized spacial score (nSPS) is 20.4. The highest BCUT2D eigenvalue weighted by Gasteiger charge is 2.28. The van der Waals surface area contributed by atoms with E-state index in [1.165, 1.54) is 5.56 Å². The maximum absolute atomic E-state index is 12.3. The van der Waals surface area contributed by atoms with Gasteiger partial charge in [-0.05, 0) is 52.0 Å². The van der Waals surface area contributed by atoms with Gasteiger partial charge in [-0.3, -0.25) is 0 Å². The van der Waals surface area contributed by atoms with Crippen LogP contribution in [0.15, 0.2) is 30.3 Å². The average molecular weight is 404 g/mol. The molecule has 2 heterocycles. The van der Waals surface area contributed by atoms with E-state index in [4.69, 9.17) is 9.47 Å². The number of likely N-dealkylation sites (tertiary alicyclic amines) is 1. The van der Waals surface area contributed by atoms with Crippen LogP contribution >= 0.6 is 0 Å². The summed E-state index contributed by atoms with van der Waals surface area (Å²) in [5.41, 5.74) is 0.863. The smallest absolute Gasteiger partial charge is 0.410 e. The van der Waals surface area contributed by atoms with Crippen LogP contribution in [0.4, 0.5) is 4.79 Å². The minimum atomic E-state index is -0.444. The van der Waals surface area contributed by atoms with Crippen LogP contribution in [0.5, 0.6) is 0 Å². The van der Waals surface area contributed by atoms with Gasteiger partial charge in [0.2, 0.25) is 0 Å². The van der Waals surface area contributed by atoms with Crippen LogP contribution in [-0.2, 0) is 9.47 Å². The van der Waals surface area contributed by atoms with E-state index in [0.717, 1.165) is 58.5 Å². The van der Waals surface area contributed by atoms with Crippen molar-refractivity contribution in [2.45, 2.75) is 70.2 Å². The minimum absolute atomic E-state index is 0.197. The molecule has 2 aliphatic heterocycles. The molecule has 1 atom stereocenters. The highest BCUT2D eigenvalue weighted by Crippen LogP contribution is 2.20. The Kier molecular flexibility index (Phi) is 7.92. The molecule has 1 unspecified atom stereocenters. The predicted octanol–water partition coefficient (Wildman–Crippen LogP) is 3.49. The van der Waals surface area contributed by atoms with Crippen LogP contribution in [-0.4, -0.2) is 61.5 Å². The molecule has 0 saturated carbocycles. The van der Waals surface area contributed by atoms with Crippen molar-refractivity contribution >= 4 is 6.09 Å². The number of carbonyl (C=O) groups excluding carboxylic acids is 1.